The summed E-state index contributed by atoms with van der Waals surface area (Å²) in [5.74, 6) is 2.39. The second-order valence-corrected chi connectivity index (χ2v) is 8.68. The number of methoxy groups -OCH3 is 5. The van der Waals surface area contributed by atoms with Crippen LogP contribution in [0.15, 0.2) is 59.5 Å². The van der Waals surface area contributed by atoms with Gasteiger partial charge in [-0.15, -0.1) is 0 Å². The molecule has 176 valence electrons. The van der Waals surface area contributed by atoms with Crippen LogP contribution in [-0.2, 0) is 16.6 Å². The van der Waals surface area contributed by atoms with Gasteiger partial charge < -0.3 is 23.7 Å². The quantitative estimate of drug-likeness (QED) is 0.478. The summed E-state index contributed by atoms with van der Waals surface area (Å²) < 4.78 is 56.0. The zero-order chi connectivity index (χ0) is 24.0. The fourth-order valence-electron chi connectivity index (χ4n) is 3.31. The predicted molar refractivity (Wildman–Crippen MR) is 125 cm³/mol. The summed E-state index contributed by atoms with van der Waals surface area (Å²) in [4.78, 5) is 0.0425. The highest BCUT2D eigenvalue weighted by atomic mass is 32.2. The van der Waals surface area contributed by atoms with Crippen LogP contribution in [0.4, 0.5) is 0 Å². The van der Waals surface area contributed by atoms with Crippen LogP contribution in [0, 0.1) is 0 Å². The van der Waals surface area contributed by atoms with Gasteiger partial charge in [0.05, 0.1) is 40.4 Å². The topological polar surface area (TPSA) is 92.3 Å². The van der Waals surface area contributed by atoms with Gasteiger partial charge >= 0.3 is 0 Å². The third-order valence-electron chi connectivity index (χ3n) is 5.10. The minimum absolute atomic E-state index is 0.0425. The first-order valence-corrected chi connectivity index (χ1v) is 11.5. The van der Waals surface area contributed by atoms with E-state index in [-0.39, 0.29) is 11.4 Å². The molecule has 0 atom stereocenters. The predicted octanol–water partition coefficient (Wildman–Crippen LogP) is 3.88. The zero-order valence-electron chi connectivity index (χ0n) is 19.2. The lowest BCUT2D eigenvalue weighted by Crippen LogP contribution is -2.24. The lowest BCUT2D eigenvalue weighted by Gasteiger charge is -2.17. The van der Waals surface area contributed by atoms with E-state index in [0.29, 0.717) is 39.9 Å². The molecular weight excluding hydrogens is 446 g/mol. The van der Waals surface area contributed by atoms with Crippen molar-refractivity contribution in [1.82, 2.24) is 4.72 Å². The minimum Gasteiger partial charge on any atom is -0.497 e. The van der Waals surface area contributed by atoms with Gasteiger partial charge in [-0.3, -0.25) is 0 Å². The maximum atomic E-state index is 13.4. The van der Waals surface area contributed by atoms with E-state index in [1.165, 1.54) is 34.5 Å². The van der Waals surface area contributed by atoms with E-state index in [9.17, 15) is 8.42 Å². The Morgan fingerprint density at radius 2 is 1.24 bits per heavy atom. The third-order valence-corrected chi connectivity index (χ3v) is 6.54. The number of hydrogen-bond donors (Lipinski definition) is 1. The van der Waals surface area contributed by atoms with Crippen LogP contribution < -0.4 is 28.4 Å². The van der Waals surface area contributed by atoms with Gasteiger partial charge in [0.25, 0.3) is 0 Å². The minimum atomic E-state index is -3.93. The number of ether oxygens (including phenoxy) is 5. The van der Waals surface area contributed by atoms with Gasteiger partial charge in [-0.2, -0.15) is 0 Å². The fourth-order valence-corrected chi connectivity index (χ4v) is 4.55. The summed E-state index contributed by atoms with van der Waals surface area (Å²) in [7, 11) is 3.64. The molecule has 0 spiro atoms. The summed E-state index contributed by atoms with van der Waals surface area (Å²) in [6, 6.07) is 15.4. The zero-order valence-corrected chi connectivity index (χ0v) is 20.0. The molecule has 0 aliphatic heterocycles. The van der Waals surface area contributed by atoms with Crippen molar-refractivity contribution in [3.8, 4) is 39.9 Å². The van der Waals surface area contributed by atoms with Crippen LogP contribution in [-0.4, -0.2) is 44.0 Å². The van der Waals surface area contributed by atoms with Crippen LogP contribution in [0.2, 0.25) is 0 Å². The van der Waals surface area contributed by atoms with Crippen LogP contribution in [0.25, 0.3) is 11.1 Å². The van der Waals surface area contributed by atoms with E-state index in [0.717, 1.165) is 5.56 Å². The van der Waals surface area contributed by atoms with E-state index >= 15 is 0 Å². The molecule has 8 nitrogen and oxygen atoms in total. The summed E-state index contributed by atoms with van der Waals surface area (Å²) >= 11 is 0. The molecule has 1 N–H and O–H groups in total. The first-order valence-electron chi connectivity index (χ1n) is 9.97. The Morgan fingerprint density at radius 1 is 0.667 bits per heavy atom. The van der Waals surface area contributed by atoms with Gasteiger partial charge in [-0.05, 0) is 41.5 Å². The molecule has 0 saturated heterocycles. The monoisotopic (exact) mass is 473 g/mol. The van der Waals surface area contributed by atoms with Crippen molar-refractivity contribution in [2.45, 2.75) is 11.4 Å². The second-order valence-electron chi connectivity index (χ2n) is 6.95. The maximum Gasteiger partial charge on any atom is 0.241 e. The highest BCUT2D eigenvalue weighted by Crippen LogP contribution is 2.40. The van der Waals surface area contributed by atoms with Gasteiger partial charge in [0.15, 0.2) is 23.0 Å². The van der Waals surface area contributed by atoms with Crippen LogP contribution in [0.5, 0.6) is 28.7 Å². The van der Waals surface area contributed by atoms with Crippen molar-refractivity contribution in [3.05, 3.63) is 60.2 Å². The van der Waals surface area contributed by atoms with Crippen molar-refractivity contribution in [1.29, 1.82) is 0 Å². The van der Waals surface area contributed by atoms with Crippen molar-refractivity contribution in [3.63, 3.8) is 0 Å². The lowest BCUT2D eigenvalue weighted by atomic mass is 10.0. The highest BCUT2D eigenvalue weighted by molar-refractivity contribution is 7.89. The van der Waals surface area contributed by atoms with Crippen LogP contribution in [0.3, 0.4) is 0 Å². The van der Waals surface area contributed by atoms with E-state index in [1.807, 2.05) is 0 Å². The largest absolute Gasteiger partial charge is 0.497 e. The van der Waals surface area contributed by atoms with E-state index in [2.05, 4.69) is 4.72 Å². The maximum absolute atomic E-state index is 13.4. The molecule has 0 saturated carbocycles. The molecule has 33 heavy (non-hydrogen) atoms. The molecule has 0 fully saturated rings. The SMILES string of the molecule is COc1ccc(CNS(=O)(=O)c2cc(OC)c(OC)cc2-c2ccc(OC)c(OC)c2)cc1. The molecule has 0 radical (unpaired) electrons. The smallest absolute Gasteiger partial charge is 0.241 e. The third kappa shape index (κ3) is 5.32. The Hall–Kier alpha value is -3.43. The van der Waals surface area contributed by atoms with Crippen molar-refractivity contribution < 1.29 is 32.1 Å². The lowest BCUT2D eigenvalue weighted by molar-refractivity contribution is 0.353. The normalized spacial score (nSPS) is 11.1. The Balaban J connectivity index is 2.06. The van der Waals surface area contributed by atoms with Gasteiger partial charge in [0, 0.05) is 18.2 Å². The Kier molecular flexibility index (Phi) is 7.67. The standard InChI is InChI=1S/C24H27NO7S/c1-28-18-9-6-16(7-10-18)15-25-33(26,27)24-14-23(32-5)22(31-4)13-19(24)17-8-11-20(29-2)21(12-17)30-3/h6-14,25H,15H2,1-5H3. The number of rotatable bonds is 10. The molecule has 0 bridgehead atoms. The molecule has 0 unspecified atom stereocenters. The first-order chi connectivity index (χ1) is 15.9. The number of benzene rings is 3. The van der Waals surface area contributed by atoms with Gasteiger partial charge in [-0.1, -0.05) is 18.2 Å². The first kappa shape index (κ1) is 24.2. The molecule has 0 heterocycles. The molecule has 3 aromatic carbocycles. The molecule has 3 rings (SSSR count). The molecule has 0 aliphatic rings. The number of sulfonamides is 1. The van der Waals surface area contributed by atoms with E-state index in [4.69, 9.17) is 23.7 Å². The average Bonchev–Trinajstić information content (AvgIpc) is 2.86. The second kappa shape index (κ2) is 10.5. The number of hydrogen-bond acceptors (Lipinski definition) is 7. The molecule has 0 amide bonds. The van der Waals surface area contributed by atoms with Gasteiger partial charge in [0.1, 0.15) is 5.75 Å². The molecule has 9 heteroatoms. The summed E-state index contributed by atoms with van der Waals surface area (Å²) in [5.41, 5.74) is 1.82. The van der Waals surface area contributed by atoms with Crippen molar-refractivity contribution in [2.75, 3.05) is 35.5 Å². The van der Waals surface area contributed by atoms with Crippen LogP contribution in [0.1, 0.15) is 5.56 Å². The Bertz CT molecular complexity index is 1210. The summed E-state index contributed by atoms with van der Waals surface area (Å²) in [5, 5.41) is 0. The highest BCUT2D eigenvalue weighted by Gasteiger charge is 2.24. The van der Waals surface area contributed by atoms with Crippen molar-refractivity contribution in [2.24, 2.45) is 0 Å². The van der Waals surface area contributed by atoms with Gasteiger partial charge in [-0.25, -0.2) is 13.1 Å². The average molecular weight is 474 g/mol. The molecule has 0 aromatic heterocycles. The fraction of sp³-hybridized carbons (Fsp3) is 0.250. The Morgan fingerprint density at radius 3 is 1.82 bits per heavy atom. The molecule has 0 aliphatic carbocycles. The molecular formula is C24H27NO7S. The Labute approximate surface area is 194 Å². The van der Waals surface area contributed by atoms with E-state index < -0.39 is 10.0 Å². The van der Waals surface area contributed by atoms with E-state index in [1.54, 1.807) is 55.6 Å². The summed E-state index contributed by atoms with van der Waals surface area (Å²) in [6.45, 7) is 0.103. The summed E-state index contributed by atoms with van der Waals surface area (Å²) in [6.07, 6.45) is 0. The van der Waals surface area contributed by atoms with Gasteiger partial charge in [0.2, 0.25) is 10.0 Å². The van der Waals surface area contributed by atoms with Crippen molar-refractivity contribution >= 4 is 10.0 Å². The number of nitrogens with one attached hydrogen (secondary N) is 1. The van der Waals surface area contributed by atoms with Crippen LogP contribution >= 0.6 is 0 Å². The molecule has 3 aromatic rings.